The van der Waals surface area contributed by atoms with Gasteiger partial charge in [0.05, 0.1) is 11.1 Å². The van der Waals surface area contributed by atoms with Crippen LogP contribution < -0.4 is 5.32 Å². The van der Waals surface area contributed by atoms with Crippen LogP contribution in [0.25, 0.3) is 0 Å². The van der Waals surface area contributed by atoms with Crippen LogP contribution in [-0.4, -0.2) is 59.5 Å². The number of nitrogens with one attached hydrogen (secondary N) is 1. The first kappa shape index (κ1) is 20.7. The molecule has 160 valence electrons. The maximum absolute atomic E-state index is 13.1. The van der Waals surface area contributed by atoms with E-state index < -0.39 is 23.8 Å². The van der Waals surface area contributed by atoms with Crippen molar-refractivity contribution in [2.24, 2.45) is 0 Å². The van der Waals surface area contributed by atoms with Crippen molar-refractivity contribution >= 4 is 24.0 Å². The molecule has 7 heteroatoms. The molecule has 4 rings (SSSR count). The average molecular weight is 412 g/mol. The van der Waals surface area contributed by atoms with Crippen LogP contribution in [-0.2, 0) is 22.6 Å². The van der Waals surface area contributed by atoms with Crippen LogP contribution >= 0.6 is 0 Å². The highest BCUT2D eigenvalue weighted by molar-refractivity contribution is 6.23. The second-order valence-corrected chi connectivity index (χ2v) is 8.53. The van der Waals surface area contributed by atoms with Crippen LogP contribution in [0.15, 0.2) is 12.1 Å². The molecule has 1 aromatic carbocycles. The van der Waals surface area contributed by atoms with Gasteiger partial charge < -0.3 is 10.1 Å². The van der Waals surface area contributed by atoms with Gasteiger partial charge in [-0.3, -0.25) is 24.2 Å². The van der Waals surface area contributed by atoms with E-state index in [-0.39, 0.29) is 12.8 Å². The lowest BCUT2D eigenvalue weighted by atomic mass is 9.89. The number of hydrogen-bond donors (Lipinski definition) is 1. The highest BCUT2D eigenvalue weighted by atomic mass is 16.2. The minimum atomic E-state index is -0.969. The van der Waals surface area contributed by atoms with Gasteiger partial charge in [-0.1, -0.05) is 19.3 Å². The van der Waals surface area contributed by atoms with E-state index in [0.29, 0.717) is 23.5 Å². The fraction of sp³-hybridized carbons (Fsp3) is 0.565. The molecule has 0 spiro atoms. The molecule has 1 N–H and O–H groups in total. The van der Waals surface area contributed by atoms with Crippen molar-refractivity contribution in [2.45, 2.75) is 70.0 Å². The first-order valence-corrected chi connectivity index (χ1v) is 11.0. The lowest BCUT2D eigenvalue weighted by Gasteiger charge is -2.37. The van der Waals surface area contributed by atoms with Crippen molar-refractivity contribution in [1.82, 2.24) is 15.1 Å². The number of amides is 3. The maximum Gasteiger partial charge on any atom is 0.262 e. The van der Waals surface area contributed by atoms with Gasteiger partial charge in [0, 0.05) is 32.6 Å². The quantitative estimate of drug-likeness (QED) is 0.572. The third-order valence-electron chi connectivity index (χ3n) is 6.79. The molecule has 0 radical (unpaired) electrons. The number of fused-ring (bicyclic) bond motifs is 2. The molecule has 1 atom stereocenters. The van der Waals surface area contributed by atoms with Gasteiger partial charge in [0.1, 0.15) is 12.3 Å². The van der Waals surface area contributed by atoms with Gasteiger partial charge in [-0.25, -0.2) is 0 Å². The van der Waals surface area contributed by atoms with E-state index in [9.17, 15) is 19.2 Å². The van der Waals surface area contributed by atoms with Crippen LogP contribution in [0.1, 0.15) is 76.8 Å². The fourth-order valence-electron chi connectivity index (χ4n) is 5.15. The highest BCUT2D eigenvalue weighted by Crippen LogP contribution is 2.33. The Morgan fingerprint density at radius 1 is 1.13 bits per heavy atom. The average Bonchev–Trinajstić information content (AvgIpc) is 3.02. The number of benzene rings is 1. The van der Waals surface area contributed by atoms with Crippen LogP contribution in [0.3, 0.4) is 0 Å². The molecule has 1 saturated carbocycles. The molecule has 0 aromatic heterocycles. The topological polar surface area (TPSA) is 86.8 Å². The summed E-state index contributed by atoms with van der Waals surface area (Å²) in [6.07, 6.45) is 8.15. The Kier molecular flexibility index (Phi) is 5.99. The molecule has 0 bridgehead atoms. The van der Waals surface area contributed by atoms with E-state index >= 15 is 0 Å². The summed E-state index contributed by atoms with van der Waals surface area (Å²) in [6.45, 7) is 1.78. The van der Waals surface area contributed by atoms with Gasteiger partial charge in [-0.2, -0.15) is 0 Å². The number of rotatable bonds is 6. The number of imide groups is 1. The third kappa shape index (κ3) is 3.67. The van der Waals surface area contributed by atoms with Crippen LogP contribution in [0, 0.1) is 0 Å². The zero-order valence-electron chi connectivity index (χ0n) is 17.5. The Morgan fingerprint density at radius 2 is 1.80 bits per heavy atom. The van der Waals surface area contributed by atoms with Gasteiger partial charge >= 0.3 is 0 Å². The number of carbonyl (C=O) groups is 4. The molecule has 2 aliphatic heterocycles. The van der Waals surface area contributed by atoms with Crippen LogP contribution in [0.4, 0.5) is 0 Å². The van der Waals surface area contributed by atoms with Gasteiger partial charge in [0.2, 0.25) is 5.91 Å². The van der Waals surface area contributed by atoms with Crippen molar-refractivity contribution in [1.29, 1.82) is 0 Å². The minimum Gasteiger partial charge on any atom is -0.357 e. The molecule has 2 heterocycles. The van der Waals surface area contributed by atoms with E-state index in [4.69, 9.17) is 0 Å². The zero-order valence-corrected chi connectivity index (χ0v) is 17.5. The van der Waals surface area contributed by atoms with Gasteiger partial charge in [-0.15, -0.1) is 0 Å². The van der Waals surface area contributed by atoms with E-state index in [2.05, 4.69) is 10.2 Å². The summed E-state index contributed by atoms with van der Waals surface area (Å²) in [6, 6.07) is 3.35. The first-order chi connectivity index (χ1) is 14.5. The smallest absolute Gasteiger partial charge is 0.262 e. The second-order valence-electron chi connectivity index (χ2n) is 8.53. The Hall–Kier alpha value is -2.54. The van der Waals surface area contributed by atoms with E-state index in [0.717, 1.165) is 35.5 Å². The summed E-state index contributed by atoms with van der Waals surface area (Å²) in [7, 11) is 1.47. The summed E-state index contributed by atoms with van der Waals surface area (Å²) in [5.74, 6) is -1.31. The Bertz CT molecular complexity index is 875. The van der Waals surface area contributed by atoms with Crippen molar-refractivity contribution < 1.29 is 19.2 Å². The SMILES string of the molecule is CNC(=O)C(CCC=O)N1C(=O)c2cc3c(cc2C1=O)CN(C1CCCCC1)CC3. The monoisotopic (exact) mass is 411 g/mol. The maximum atomic E-state index is 13.1. The van der Waals surface area contributed by atoms with E-state index in [1.807, 2.05) is 12.1 Å². The number of aldehydes is 1. The zero-order chi connectivity index (χ0) is 21.3. The molecular formula is C23H29N3O4. The molecule has 1 fully saturated rings. The lowest BCUT2D eigenvalue weighted by Crippen LogP contribution is -2.48. The van der Waals surface area contributed by atoms with Crippen molar-refractivity contribution in [3.8, 4) is 0 Å². The summed E-state index contributed by atoms with van der Waals surface area (Å²) >= 11 is 0. The van der Waals surface area contributed by atoms with Crippen LogP contribution in [0.2, 0.25) is 0 Å². The normalized spacial score (nSPS) is 20.6. The van der Waals surface area contributed by atoms with Crippen LogP contribution in [0.5, 0.6) is 0 Å². The van der Waals surface area contributed by atoms with Gasteiger partial charge in [-0.05, 0) is 48.9 Å². The minimum absolute atomic E-state index is 0.109. The van der Waals surface area contributed by atoms with Gasteiger partial charge in [0.15, 0.2) is 0 Å². The predicted octanol–water partition coefficient (Wildman–Crippen LogP) is 2.07. The number of likely N-dealkylation sites (N-methyl/N-ethyl adjacent to an activating group) is 1. The molecule has 1 unspecified atom stereocenters. The molecule has 0 saturated heterocycles. The Morgan fingerprint density at radius 3 is 2.43 bits per heavy atom. The number of hydrogen-bond acceptors (Lipinski definition) is 5. The highest BCUT2D eigenvalue weighted by Gasteiger charge is 2.43. The molecule has 1 aliphatic carbocycles. The fourth-order valence-corrected chi connectivity index (χ4v) is 5.15. The van der Waals surface area contributed by atoms with Crippen molar-refractivity contribution in [3.05, 3.63) is 34.4 Å². The van der Waals surface area contributed by atoms with Crippen molar-refractivity contribution in [2.75, 3.05) is 13.6 Å². The molecule has 3 amide bonds. The second kappa shape index (κ2) is 8.68. The summed E-state index contributed by atoms with van der Waals surface area (Å²) in [4.78, 5) is 52.9. The van der Waals surface area contributed by atoms with E-state index in [1.54, 1.807) is 0 Å². The summed E-state index contributed by atoms with van der Waals surface area (Å²) in [5.41, 5.74) is 2.99. The first-order valence-electron chi connectivity index (χ1n) is 11.0. The van der Waals surface area contributed by atoms with Gasteiger partial charge in [0.25, 0.3) is 11.8 Å². The van der Waals surface area contributed by atoms with Crippen molar-refractivity contribution in [3.63, 3.8) is 0 Å². The Labute approximate surface area is 176 Å². The largest absolute Gasteiger partial charge is 0.357 e. The summed E-state index contributed by atoms with van der Waals surface area (Å²) < 4.78 is 0. The molecule has 30 heavy (non-hydrogen) atoms. The predicted molar refractivity (Wildman–Crippen MR) is 111 cm³/mol. The number of nitrogens with zero attached hydrogens (tertiary/aromatic N) is 2. The molecular weight excluding hydrogens is 382 g/mol. The van der Waals surface area contributed by atoms with E-state index in [1.165, 1.54) is 39.2 Å². The summed E-state index contributed by atoms with van der Waals surface area (Å²) in [5, 5.41) is 2.51. The molecule has 3 aliphatic rings. The lowest BCUT2D eigenvalue weighted by molar-refractivity contribution is -0.124. The number of carbonyl (C=O) groups excluding carboxylic acids is 4. The molecule has 7 nitrogen and oxygen atoms in total. The Balaban J connectivity index is 1.60. The third-order valence-corrected chi connectivity index (χ3v) is 6.79. The molecule has 1 aromatic rings. The standard InChI is InChI=1S/C23H29N3O4/c1-24-21(28)20(8-5-11-27)26-22(29)18-12-15-9-10-25(17-6-3-2-4-7-17)14-16(15)13-19(18)23(26)30/h11-13,17,20H,2-10,14H2,1H3,(H,24,28).